The first-order chi connectivity index (χ1) is 8.72. The molecule has 1 N–H and O–H groups in total. The third-order valence-electron chi connectivity index (χ3n) is 4.18. The number of rotatable bonds is 3. The Balaban J connectivity index is 2.58. The van der Waals surface area contributed by atoms with Gasteiger partial charge in [-0.05, 0) is 48.2 Å². The molecular weight excluding hydrogens is 259 g/mol. The molecule has 2 rings (SSSR count). The largest absolute Gasteiger partial charge is 0.330 e. The Morgan fingerprint density at radius 3 is 2.58 bits per heavy atom. The van der Waals surface area contributed by atoms with Crippen molar-refractivity contribution in [2.75, 3.05) is 0 Å². The maximum Gasteiger partial charge on any atom is 0.178 e. The van der Waals surface area contributed by atoms with Crippen molar-refractivity contribution in [1.82, 2.24) is 9.55 Å². The summed E-state index contributed by atoms with van der Waals surface area (Å²) in [5, 5.41) is 0. The van der Waals surface area contributed by atoms with Crippen LogP contribution in [-0.2, 0) is 6.54 Å². The van der Waals surface area contributed by atoms with E-state index in [1.54, 1.807) is 6.92 Å². The average Bonchev–Trinajstić information content (AvgIpc) is 2.56. The van der Waals surface area contributed by atoms with Crippen molar-refractivity contribution in [3.05, 3.63) is 28.3 Å². The minimum absolute atomic E-state index is 0.135. The molecule has 2 aromatic rings. The summed E-state index contributed by atoms with van der Waals surface area (Å²) < 4.78 is 16.3. The molecule has 2 nitrogen and oxygen atoms in total. The Hall–Kier alpha value is -1.16. The van der Waals surface area contributed by atoms with Gasteiger partial charge in [-0.3, -0.25) is 0 Å². The van der Waals surface area contributed by atoms with E-state index in [9.17, 15) is 4.39 Å². The number of fused-ring (bicyclic) bond motifs is 1. The van der Waals surface area contributed by atoms with E-state index in [1.165, 1.54) is 6.07 Å². The zero-order chi connectivity index (χ0) is 14.4. The van der Waals surface area contributed by atoms with Gasteiger partial charge in [-0.2, -0.15) is 0 Å². The fraction of sp³-hybridized carbons (Fsp3) is 0.533. The lowest BCUT2D eigenvalue weighted by Gasteiger charge is -2.29. The second-order valence-corrected chi connectivity index (χ2v) is 6.66. The van der Waals surface area contributed by atoms with Crippen LogP contribution in [0.15, 0.2) is 12.1 Å². The molecule has 0 saturated carbocycles. The molecule has 0 aliphatic rings. The van der Waals surface area contributed by atoms with Crippen molar-refractivity contribution in [3.8, 4) is 0 Å². The van der Waals surface area contributed by atoms with Gasteiger partial charge >= 0.3 is 0 Å². The minimum Gasteiger partial charge on any atom is -0.330 e. The van der Waals surface area contributed by atoms with Crippen LogP contribution >= 0.6 is 12.2 Å². The SMILES string of the molecule is Cc1cc2c(cc1F)[nH]c(=S)n2CC(C)(C)C(C)C. The molecule has 0 saturated heterocycles. The zero-order valence-corrected chi connectivity index (χ0v) is 13.0. The molecule has 1 heterocycles. The standard InChI is InChI=1S/C15H21FN2S/c1-9(2)15(4,5)8-18-13-6-10(3)11(16)7-12(13)17-14(18)19/h6-7,9H,8H2,1-5H3,(H,17,19). The van der Waals surface area contributed by atoms with Gasteiger partial charge in [0.25, 0.3) is 0 Å². The predicted octanol–water partition coefficient (Wildman–Crippen LogP) is 4.83. The number of aromatic amines is 1. The molecule has 0 aliphatic heterocycles. The van der Waals surface area contributed by atoms with Gasteiger partial charge in [0.15, 0.2) is 4.77 Å². The van der Waals surface area contributed by atoms with Gasteiger partial charge in [0.05, 0.1) is 11.0 Å². The molecule has 0 bridgehead atoms. The Labute approximate surface area is 118 Å². The molecule has 19 heavy (non-hydrogen) atoms. The molecule has 0 fully saturated rings. The van der Waals surface area contributed by atoms with Crippen LogP contribution in [0.5, 0.6) is 0 Å². The van der Waals surface area contributed by atoms with Crippen LogP contribution in [-0.4, -0.2) is 9.55 Å². The summed E-state index contributed by atoms with van der Waals surface area (Å²) in [7, 11) is 0. The van der Waals surface area contributed by atoms with E-state index in [1.807, 2.05) is 6.07 Å². The van der Waals surface area contributed by atoms with Crippen LogP contribution in [0.4, 0.5) is 4.39 Å². The number of nitrogens with one attached hydrogen (secondary N) is 1. The number of H-pyrrole nitrogens is 1. The molecule has 4 heteroatoms. The highest BCUT2D eigenvalue weighted by molar-refractivity contribution is 7.71. The van der Waals surface area contributed by atoms with E-state index in [-0.39, 0.29) is 11.2 Å². The van der Waals surface area contributed by atoms with E-state index in [0.717, 1.165) is 17.6 Å². The van der Waals surface area contributed by atoms with Gasteiger partial charge in [0.1, 0.15) is 5.82 Å². The lowest BCUT2D eigenvalue weighted by atomic mass is 9.81. The Bertz CT molecular complexity index is 665. The van der Waals surface area contributed by atoms with Crippen LogP contribution in [0, 0.1) is 28.8 Å². The van der Waals surface area contributed by atoms with Crippen LogP contribution in [0.25, 0.3) is 11.0 Å². The highest BCUT2D eigenvalue weighted by Gasteiger charge is 2.24. The lowest BCUT2D eigenvalue weighted by molar-refractivity contribution is 0.211. The van der Waals surface area contributed by atoms with E-state index in [0.29, 0.717) is 16.3 Å². The number of aromatic nitrogens is 2. The maximum atomic E-state index is 13.6. The maximum absolute atomic E-state index is 13.6. The van der Waals surface area contributed by atoms with Crippen LogP contribution < -0.4 is 0 Å². The number of hydrogen-bond acceptors (Lipinski definition) is 1. The highest BCUT2D eigenvalue weighted by Crippen LogP contribution is 2.30. The minimum atomic E-state index is -0.195. The van der Waals surface area contributed by atoms with Gasteiger partial charge in [0, 0.05) is 6.54 Å². The Morgan fingerprint density at radius 1 is 1.37 bits per heavy atom. The normalized spacial score (nSPS) is 12.6. The third kappa shape index (κ3) is 2.59. The van der Waals surface area contributed by atoms with E-state index < -0.39 is 0 Å². The van der Waals surface area contributed by atoms with Gasteiger partial charge in [-0.25, -0.2) is 4.39 Å². The number of benzene rings is 1. The molecule has 1 aromatic heterocycles. The molecule has 0 spiro atoms. The van der Waals surface area contributed by atoms with Gasteiger partial charge in [-0.1, -0.05) is 27.7 Å². The topological polar surface area (TPSA) is 20.7 Å². The first-order valence-corrected chi connectivity index (χ1v) is 7.02. The third-order valence-corrected chi connectivity index (χ3v) is 4.51. The average molecular weight is 280 g/mol. The molecule has 0 aliphatic carbocycles. The monoisotopic (exact) mass is 280 g/mol. The summed E-state index contributed by atoms with van der Waals surface area (Å²) in [6.07, 6.45) is 0. The van der Waals surface area contributed by atoms with E-state index in [2.05, 4.69) is 37.2 Å². The van der Waals surface area contributed by atoms with E-state index >= 15 is 0 Å². The first kappa shape index (κ1) is 14.3. The highest BCUT2D eigenvalue weighted by atomic mass is 32.1. The van der Waals surface area contributed by atoms with Gasteiger partial charge < -0.3 is 9.55 Å². The number of aryl methyl sites for hydroxylation is 1. The lowest BCUT2D eigenvalue weighted by Crippen LogP contribution is -2.25. The van der Waals surface area contributed by atoms with Crippen molar-refractivity contribution >= 4 is 23.3 Å². The zero-order valence-electron chi connectivity index (χ0n) is 12.2. The van der Waals surface area contributed by atoms with Crippen molar-refractivity contribution in [3.63, 3.8) is 0 Å². The summed E-state index contributed by atoms with van der Waals surface area (Å²) in [5.74, 6) is 0.347. The quantitative estimate of drug-likeness (QED) is 0.799. The molecular formula is C15H21FN2S. The molecule has 104 valence electrons. The summed E-state index contributed by atoms with van der Waals surface area (Å²) in [4.78, 5) is 3.09. The summed E-state index contributed by atoms with van der Waals surface area (Å²) in [6, 6.07) is 3.40. The number of hydrogen-bond donors (Lipinski definition) is 1. The van der Waals surface area contributed by atoms with E-state index in [4.69, 9.17) is 12.2 Å². The fourth-order valence-corrected chi connectivity index (χ4v) is 2.30. The molecule has 0 radical (unpaired) electrons. The van der Waals surface area contributed by atoms with Gasteiger partial charge in [0.2, 0.25) is 0 Å². The number of nitrogens with zero attached hydrogens (tertiary/aromatic N) is 1. The summed E-state index contributed by atoms with van der Waals surface area (Å²) in [6.45, 7) is 11.5. The van der Waals surface area contributed by atoms with Crippen molar-refractivity contribution in [2.24, 2.45) is 11.3 Å². The van der Waals surface area contributed by atoms with Crippen molar-refractivity contribution in [2.45, 2.75) is 41.2 Å². The Morgan fingerprint density at radius 2 is 2.00 bits per heavy atom. The number of imidazole rings is 1. The number of halogens is 1. The summed E-state index contributed by atoms with van der Waals surface area (Å²) in [5.41, 5.74) is 2.54. The Kier molecular flexibility index (Phi) is 3.56. The molecule has 0 amide bonds. The molecule has 0 atom stereocenters. The predicted molar refractivity (Wildman–Crippen MR) is 80.4 cm³/mol. The second-order valence-electron chi connectivity index (χ2n) is 6.28. The van der Waals surface area contributed by atoms with Crippen molar-refractivity contribution in [1.29, 1.82) is 0 Å². The van der Waals surface area contributed by atoms with Crippen molar-refractivity contribution < 1.29 is 4.39 Å². The van der Waals surface area contributed by atoms with Crippen LogP contribution in [0.3, 0.4) is 0 Å². The van der Waals surface area contributed by atoms with Crippen LogP contribution in [0.1, 0.15) is 33.3 Å². The fourth-order valence-electron chi connectivity index (χ4n) is 2.03. The second kappa shape index (κ2) is 4.75. The summed E-state index contributed by atoms with van der Waals surface area (Å²) >= 11 is 5.38. The molecule has 0 unspecified atom stereocenters. The van der Waals surface area contributed by atoms with Crippen LogP contribution in [0.2, 0.25) is 0 Å². The first-order valence-electron chi connectivity index (χ1n) is 6.61. The van der Waals surface area contributed by atoms with Gasteiger partial charge in [-0.15, -0.1) is 0 Å². The molecule has 1 aromatic carbocycles. The smallest absolute Gasteiger partial charge is 0.178 e.